The summed E-state index contributed by atoms with van der Waals surface area (Å²) in [6.45, 7) is 2.79. The third-order valence-electron chi connectivity index (χ3n) is 5.20. The van der Waals surface area contributed by atoms with Crippen LogP contribution < -0.4 is 14.2 Å². The largest absolute Gasteiger partial charge is 0.493 e. The number of carbonyl (C=O) groups excluding carboxylic acids is 1. The minimum Gasteiger partial charge on any atom is -0.493 e. The minimum atomic E-state index is -0.136. The Kier molecular flexibility index (Phi) is 5.52. The molecule has 7 nitrogen and oxygen atoms in total. The van der Waals surface area contributed by atoms with Gasteiger partial charge in [0.1, 0.15) is 18.7 Å². The van der Waals surface area contributed by atoms with Gasteiger partial charge in [0.05, 0.1) is 32.4 Å². The second-order valence-electron chi connectivity index (χ2n) is 7.08. The number of methoxy groups -OCH3 is 2. The molecule has 0 bridgehead atoms. The highest BCUT2D eigenvalue weighted by Gasteiger charge is 2.29. The van der Waals surface area contributed by atoms with Crippen LogP contribution in [0, 0.1) is 0 Å². The van der Waals surface area contributed by atoms with Gasteiger partial charge in [0.15, 0.2) is 11.5 Å². The van der Waals surface area contributed by atoms with Crippen molar-refractivity contribution in [3.63, 3.8) is 0 Å². The fraction of sp³-hybridized carbons (Fsp3) is 0.261. The van der Waals surface area contributed by atoms with Crippen molar-refractivity contribution in [3.8, 4) is 28.4 Å². The number of carbonyl (C=O) groups is 1. The predicted molar refractivity (Wildman–Crippen MR) is 112 cm³/mol. The number of nitrogens with zero attached hydrogens (tertiary/aromatic N) is 3. The molecule has 0 aliphatic carbocycles. The summed E-state index contributed by atoms with van der Waals surface area (Å²) in [6, 6.07) is 11.1. The number of rotatable bonds is 4. The summed E-state index contributed by atoms with van der Waals surface area (Å²) in [5.74, 6) is 1.59. The molecule has 0 saturated carbocycles. The number of hydrogen-bond acceptors (Lipinski definition) is 6. The van der Waals surface area contributed by atoms with Crippen molar-refractivity contribution in [3.05, 3.63) is 66.2 Å². The van der Waals surface area contributed by atoms with Crippen molar-refractivity contribution >= 4 is 5.91 Å². The van der Waals surface area contributed by atoms with Crippen molar-refractivity contribution in [1.82, 2.24) is 14.9 Å². The van der Waals surface area contributed by atoms with Gasteiger partial charge in [-0.05, 0) is 36.8 Å². The van der Waals surface area contributed by atoms with Gasteiger partial charge in [-0.1, -0.05) is 12.1 Å². The first-order chi connectivity index (χ1) is 14.6. The summed E-state index contributed by atoms with van der Waals surface area (Å²) < 4.78 is 16.8. The molecule has 1 amide bonds. The Labute approximate surface area is 175 Å². The summed E-state index contributed by atoms with van der Waals surface area (Å²) >= 11 is 0. The maximum Gasteiger partial charge on any atom is 0.258 e. The quantitative estimate of drug-likeness (QED) is 0.661. The van der Waals surface area contributed by atoms with Crippen LogP contribution in [0.3, 0.4) is 0 Å². The molecule has 1 aliphatic heterocycles. The molecule has 3 aromatic rings. The van der Waals surface area contributed by atoms with Gasteiger partial charge in [-0.15, -0.1) is 0 Å². The van der Waals surface area contributed by atoms with Crippen LogP contribution in [0.4, 0.5) is 0 Å². The lowest BCUT2D eigenvalue weighted by Crippen LogP contribution is -2.40. The molecule has 1 atom stereocenters. The highest BCUT2D eigenvalue weighted by molar-refractivity contribution is 5.98. The number of para-hydroxylation sites is 1. The van der Waals surface area contributed by atoms with Crippen LogP contribution in [0.25, 0.3) is 11.1 Å². The highest BCUT2D eigenvalue weighted by atomic mass is 16.5. The fourth-order valence-electron chi connectivity index (χ4n) is 3.59. The van der Waals surface area contributed by atoms with Crippen molar-refractivity contribution in [2.45, 2.75) is 19.5 Å². The van der Waals surface area contributed by atoms with Crippen LogP contribution in [-0.2, 0) is 6.54 Å². The summed E-state index contributed by atoms with van der Waals surface area (Å²) in [6.07, 6.45) is 5.03. The number of fused-ring (bicyclic) bond motifs is 1. The number of hydrogen-bond donors (Lipinski definition) is 0. The van der Waals surface area contributed by atoms with E-state index in [1.807, 2.05) is 25.1 Å². The molecule has 0 unspecified atom stereocenters. The Morgan fingerprint density at radius 2 is 1.90 bits per heavy atom. The van der Waals surface area contributed by atoms with Gasteiger partial charge in [0.25, 0.3) is 5.91 Å². The van der Waals surface area contributed by atoms with Crippen LogP contribution in [0.15, 0.2) is 55.1 Å². The number of amides is 1. The topological polar surface area (TPSA) is 73.8 Å². The van der Waals surface area contributed by atoms with Crippen LogP contribution in [0.5, 0.6) is 17.2 Å². The molecular weight excluding hydrogens is 382 g/mol. The molecule has 30 heavy (non-hydrogen) atoms. The smallest absolute Gasteiger partial charge is 0.258 e. The zero-order valence-corrected chi connectivity index (χ0v) is 17.2. The Balaban J connectivity index is 1.70. The molecule has 0 spiro atoms. The first kappa shape index (κ1) is 19.7. The number of ether oxygens (including phenoxy) is 3. The third-order valence-corrected chi connectivity index (χ3v) is 5.20. The van der Waals surface area contributed by atoms with Gasteiger partial charge in [-0.25, -0.2) is 9.97 Å². The second kappa shape index (κ2) is 8.41. The first-order valence-electron chi connectivity index (χ1n) is 9.65. The summed E-state index contributed by atoms with van der Waals surface area (Å²) in [7, 11) is 3.09. The summed E-state index contributed by atoms with van der Waals surface area (Å²) in [5.41, 5.74) is 3.26. The van der Waals surface area contributed by atoms with Crippen molar-refractivity contribution in [2.75, 3.05) is 20.8 Å². The molecule has 7 heteroatoms. The van der Waals surface area contributed by atoms with Crippen LogP contribution in [-0.4, -0.2) is 47.6 Å². The van der Waals surface area contributed by atoms with E-state index in [1.165, 1.54) is 13.4 Å². The standard InChI is InChI=1S/C23H23N3O4/c1-15-13-30-20-8-7-16(18-10-24-14-25-11-18)9-17(20)12-26(15)23(27)19-5-4-6-21(28-2)22(19)29-3/h4-11,14-15H,12-13H2,1-3H3/t15-/m1/s1. The lowest BCUT2D eigenvalue weighted by atomic mass is 10.0. The van der Waals surface area contributed by atoms with E-state index in [9.17, 15) is 4.79 Å². The van der Waals surface area contributed by atoms with E-state index in [2.05, 4.69) is 9.97 Å². The molecule has 2 heterocycles. The zero-order valence-electron chi connectivity index (χ0n) is 17.2. The van der Waals surface area contributed by atoms with Crippen molar-refractivity contribution in [1.29, 1.82) is 0 Å². The zero-order chi connectivity index (χ0) is 21.1. The van der Waals surface area contributed by atoms with Crippen LogP contribution in [0.1, 0.15) is 22.8 Å². The maximum absolute atomic E-state index is 13.5. The van der Waals surface area contributed by atoms with Gasteiger partial charge in [-0.2, -0.15) is 0 Å². The second-order valence-corrected chi connectivity index (χ2v) is 7.08. The van der Waals surface area contributed by atoms with Crippen molar-refractivity contribution in [2.24, 2.45) is 0 Å². The summed E-state index contributed by atoms with van der Waals surface area (Å²) in [5, 5.41) is 0. The molecule has 0 saturated heterocycles. The maximum atomic E-state index is 13.5. The molecule has 1 aliphatic rings. The molecule has 4 rings (SSSR count). The van der Waals surface area contributed by atoms with E-state index in [-0.39, 0.29) is 11.9 Å². The van der Waals surface area contributed by atoms with E-state index in [1.54, 1.807) is 42.6 Å². The van der Waals surface area contributed by atoms with E-state index in [0.717, 1.165) is 22.4 Å². The Bertz CT molecular complexity index is 1060. The first-order valence-corrected chi connectivity index (χ1v) is 9.65. The predicted octanol–water partition coefficient (Wildman–Crippen LogP) is 3.58. The van der Waals surface area contributed by atoms with E-state index < -0.39 is 0 Å². The van der Waals surface area contributed by atoms with Crippen LogP contribution in [0.2, 0.25) is 0 Å². The lowest BCUT2D eigenvalue weighted by molar-refractivity contribution is 0.0641. The molecule has 0 radical (unpaired) electrons. The van der Waals surface area contributed by atoms with Gasteiger partial charge in [-0.3, -0.25) is 4.79 Å². The monoisotopic (exact) mass is 405 g/mol. The van der Waals surface area contributed by atoms with Crippen molar-refractivity contribution < 1.29 is 19.0 Å². The highest BCUT2D eigenvalue weighted by Crippen LogP contribution is 2.34. The van der Waals surface area contributed by atoms with E-state index in [4.69, 9.17) is 14.2 Å². The minimum absolute atomic E-state index is 0.121. The Morgan fingerprint density at radius 3 is 2.63 bits per heavy atom. The molecule has 0 fully saturated rings. The SMILES string of the molecule is COc1cccc(C(=O)N2Cc3cc(-c4cncnc4)ccc3OC[C@H]2C)c1OC. The van der Waals surface area contributed by atoms with Gasteiger partial charge in [0.2, 0.25) is 0 Å². The van der Waals surface area contributed by atoms with Crippen LogP contribution >= 0.6 is 0 Å². The molecule has 154 valence electrons. The molecule has 1 aromatic heterocycles. The van der Waals surface area contributed by atoms with Gasteiger partial charge >= 0.3 is 0 Å². The van der Waals surface area contributed by atoms with Gasteiger partial charge in [0, 0.05) is 23.5 Å². The summed E-state index contributed by atoms with van der Waals surface area (Å²) in [4.78, 5) is 23.5. The molecule has 2 aromatic carbocycles. The number of aromatic nitrogens is 2. The average Bonchev–Trinajstić information content (AvgIpc) is 2.96. The Morgan fingerprint density at radius 1 is 1.10 bits per heavy atom. The normalized spacial score (nSPS) is 15.6. The molecule has 0 N–H and O–H groups in total. The van der Waals surface area contributed by atoms with E-state index >= 15 is 0 Å². The lowest BCUT2D eigenvalue weighted by Gasteiger charge is -2.27. The fourth-order valence-corrected chi connectivity index (χ4v) is 3.59. The molecular formula is C23H23N3O4. The number of benzene rings is 2. The Hall–Kier alpha value is -3.61. The van der Waals surface area contributed by atoms with Gasteiger partial charge < -0.3 is 19.1 Å². The third kappa shape index (κ3) is 3.66. The average molecular weight is 405 g/mol. The van der Waals surface area contributed by atoms with E-state index in [0.29, 0.717) is 30.2 Å².